The lowest BCUT2D eigenvalue weighted by molar-refractivity contribution is 0.404. The van der Waals surface area contributed by atoms with Crippen LogP contribution in [0.25, 0.3) is 10.8 Å². The zero-order valence-electron chi connectivity index (χ0n) is 17.2. The van der Waals surface area contributed by atoms with E-state index >= 15 is 0 Å². The highest BCUT2D eigenvalue weighted by atomic mass is 35.5. The lowest BCUT2D eigenvalue weighted by Gasteiger charge is -2.27. The minimum Gasteiger partial charge on any atom is -0.267 e. The molecule has 4 aromatic rings. The molecule has 3 aromatic carbocycles. The average Bonchev–Trinajstić information content (AvgIpc) is 2.76. The van der Waals surface area contributed by atoms with Gasteiger partial charge in [0.05, 0.1) is 16.8 Å². The highest BCUT2D eigenvalue weighted by molar-refractivity contribution is 6.20. The first-order chi connectivity index (χ1) is 14.4. The van der Waals surface area contributed by atoms with Crippen LogP contribution >= 0.6 is 11.6 Å². The van der Waals surface area contributed by atoms with E-state index in [4.69, 9.17) is 11.6 Å². The molecule has 4 rings (SSSR count). The Morgan fingerprint density at radius 2 is 1.10 bits per heavy atom. The standard InChI is InChI=1S/C25H23ClN2O2/c1-16-10-4-6-12-19(16)18(3)27-24(29)21-14-8-9-15-22(21)25(30)28(27)23(26)20-13-7-5-11-17(20)2/h4-15,18,23H,1-3H3/t18-,23+/m0/s1. The van der Waals surface area contributed by atoms with Crippen molar-refractivity contribution in [1.82, 2.24) is 9.36 Å². The van der Waals surface area contributed by atoms with Crippen molar-refractivity contribution in [1.29, 1.82) is 0 Å². The maximum absolute atomic E-state index is 13.6. The molecule has 0 amide bonds. The normalized spacial score (nSPS) is 13.3. The fraction of sp³-hybridized carbons (Fsp3) is 0.200. The molecule has 0 fully saturated rings. The van der Waals surface area contributed by atoms with Gasteiger partial charge in [0.1, 0.15) is 0 Å². The van der Waals surface area contributed by atoms with E-state index in [1.807, 2.05) is 69.3 Å². The van der Waals surface area contributed by atoms with Gasteiger partial charge in [0.25, 0.3) is 11.1 Å². The van der Waals surface area contributed by atoms with E-state index in [2.05, 4.69) is 0 Å². The summed E-state index contributed by atoms with van der Waals surface area (Å²) >= 11 is 6.89. The van der Waals surface area contributed by atoms with Crippen LogP contribution in [-0.2, 0) is 0 Å². The summed E-state index contributed by atoms with van der Waals surface area (Å²) in [5, 5.41) is 0.766. The van der Waals surface area contributed by atoms with Gasteiger partial charge in [-0.3, -0.25) is 9.59 Å². The van der Waals surface area contributed by atoms with Gasteiger partial charge in [-0.05, 0) is 55.2 Å². The molecule has 1 heterocycles. The van der Waals surface area contributed by atoms with Gasteiger partial charge >= 0.3 is 0 Å². The number of alkyl halides is 1. The third kappa shape index (κ3) is 3.27. The van der Waals surface area contributed by atoms with Crippen molar-refractivity contribution < 1.29 is 0 Å². The van der Waals surface area contributed by atoms with Crippen LogP contribution in [0.1, 0.15) is 40.7 Å². The quantitative estimate of drug-likeness (QED) is 0.429. The Hall–Kier alpha value is -3.11. The van der Waals surface area contributed by atoms with Crippen LogP contribution < -0.4 is 11.1 Å². The zero-order chi connectivity index (χ0) is 21.4. The van der Waals surface area contributed by atoms with Crippen molar-refractivity contribution in [3.63, 3.8) is 0 Å². The summed E-state index contributed by atoms with van der Waals surface area (Å²) in [4.78, 5) is 27.2. The molecule has 0 aliphatic carbocycles. The van der Waals surface area contributed by atoms with Crippen molar-refractivity contribution in [2.24, 2.45) is 0 Å². The molecular formula is C25H23ClN2O2. The van der Waals surface area contributed by atoms with Gasteiger partial charge in [0.15, 0.2) is 5.50 Å². The molecule has 152 valence electrons. The number of halogens is 1. The molecule has 4 nitrogen and oxygen atoms in total. The average molecular weight is 419 g/mol. The first-order valence-electron chi connectivity index (χ1n) is 9.93. The molecule has 0 aliphatic rings. The van der Waals surface area contributed by atoms with Gasteiger partial charge in [0, 0.05) is 0 Å². The van der Waals surface area contributed by atoms with Gasteiger partial charge < -0.3 is 0 Å². The minimum atomic E-state index is -0.817. The number of hydrogen-bond acceptors (Lipinski definition) is 2. The first kappa shape index (κ1) is 20.2. The highest BCUT2D eigenvalue weighted by Crippen LogP contribution is 2.27. The Morgan fingerprint density at radius 3 is 1.63 bits per heavy atom. The number of rotatable bonds is 4. The van der Waals surface area contributed by atoms with Gasteiger partial charge in [0.2, 0.25) is 0 Å². The number of nitrogens with zero attached hydrogens (tertiary/aromatic N) is 2. The predicted octanol–water partition coefficient (Wildman–Crippen LogP) is 5.18. The molecule has 0 saturated carbocycles. The predicted molar refractivity (Wildman–Crippen MR) is 123 cm³/mol. The largest absolute Gasteiger partial charge is 0.275 e. The Bertz CT molecular complexity index is 1250. The van der Waals surface area contributed by atoms with Crippen LogP contribution in [0.4, 0.5) is 0 Å². The van der Waals surface area contributed by atoms with Gasteiger partial charge in [-0.15, -0.1) is 0 Å². The molecular weight excluding hydrogens is 396 g/mol. The summed E-state index contributed by atoms with van der Waals surface area (Å²) in [7, 11) is 0. The summed E-state index contributed by atoms with van der Waals surface area (Å²) < 4.78 is 2.92. The highest BCUT2D eigenvalue weighted by Gasteiger charge is 2.25. The summed E-state index contributed by atoms with van der Waals surface area (Å²) in [5.41, 5.74) is 2.43. The van der Waals surface area contributed by atoms with Crippen molar-refractivity contribution in [2.75, 3.05) is 0 Å². The Labute approximate surface area is 180 Å². The van der Waals surface area contributed by atoms with Gasteiger partial charge in [-0.25, -0.2) is 9.36 Å². The van der Waals surface area contributed by atoms with Gasteiger partial charge in [-0.1, -0.05) is 72.3 Å². The van der Waals surface area contributed by atoms with E-state index < -0.39 is 5.50 Å². The van der Waals surface area contributed by atoms with Crippen LogP contribution in [0.15, 0.2) is 82.4 Å². The SMILES string of the molecule is Cc1ccccc1[C@H](C)n1c(=O)c2ccccc2c(=O)n1[C@@H](Cl)c1ccccc1C. The molecule has 0 bridgehead atoms. The molecule has 0 unspecified atom stereocenters. The second-order valence-corrected chi connectivity index (χ2v) is 7.98. The molecule has 0 radical (unpaired) electrons. The van der Waals surface area contributed by atoms with Crippen LogP contribution in [0.3, 0.4) is 0 Å². The number of fused-ring (bicyclic) bond motifs is 1. The summed E-state index contributed by atoms with van der Waals surface area (Å²) in [6, 6.07) is 22.1. The van der Waals surface area contributed by atoms with Crippen LogP contribution in [-0.4, -0.2) is 9.36 Å². The van der Waals surface area contributed by atoms with Crippen molar-refractivity contribution >= 4 is 22.4 Å². The lowest BCUT2D eigenvalue weighted by atomic mass is 10.0. The van der Waals surface area contributed by atoms with Crippen molar-refractivity contribution in [2.45, 2.75) is 32.3 Å². The molecule has 0 aliphatic heterocycles. The van der Waals surface area contributed by atoms with E-state index in [1.165, 1.54) is 9.36 Å². The number of aryl methyl sites for hydroxylation is 2. The smallest absolute Gasteiger partial charge is 0.267 e. The molecule has 0 spiro atoms. The van der Waals surface area contributed by atoms with E-state index in [0.717, 1.165) is 22.3 Å². The van der Waals surface area contributed by atoms with Crippen LogP contribution in [0, 0.1) is 13.8 Å². The molecule has 5 heteroatoms. The monoisotopic (exact) mass is 418 g/mol. The second kappa shape index (κ2) is 7.96. The Balaban J connectivity index is 2.08. The van der Waals surface area contributed by atoms with E-state index in [-0.39, 0.29) is 17.2 Å². The fourth-order valence-corrected chi connectivity index (χ4v) is 4.47. The summed E-state index contributed by atoms with van der Waals surface area (Å²) in [6.07, 6.45) is 0. The Morgan fingerprint density at radius 1 is 0.667 bits per heavy atom. The topological polar surface area (TPSA) is 44.0 Å². The number of aromatic nitrogens is 2. The van der Waals surface area contributed by atoms with Gasteiger partial charge in [-0.2, -0.15) is 0 Å². The van der Waals surface area contributed by atoms with E-state index in [0.29, 0.717) is 10.8 Å². The maximum Gasteiger partial charge on any atom is 0.275 e. The number of hydrogen-bond donors (Lipinski definition) is 0. The number of benzene rings is 3. The molecule has 2 atom stereocenters. The molecule has 0 saturated heterocycles. The van der Waals surface area contributed by atoms with Crippen LogP contribution in [0.5, 0.6) is 0 Å². The Kier molecular flexibility index (Phi) is 5.35. The maximum atomic E-state index is 13.6. The first-order valence-corrected chi connectivity index (χ1v) is 10.4. The van der Waals surface area contributed by atoms with Crippen molar-refractivity contribution in [3.05, 3.63) is 116 Å². The summed E-state index contributed by atoms with van der Waals surface area (Å²) in [5.74, 6) is 0. The van der Waals surface area contributed by atoms with Crippen LogP contribution in [0.2, 0.25) is 0 Å². The van der Waals surface area contributed by atoms with E-state index in [9.17, 15) is 9.59 Å². The minimum absolute atomic E-state index is 0.236. The molecule has 0 N–H and O–H groups in total. The molecule has 1 aromatic heterocycles. The third-order valence-electron chi connectivity index (χ3n) is 5.70. The second-order valence-electron chi connectivity index (χ2n) is 7.57. The zero-order valence-corrected chi connectivity index (χ0v) is 17.9. The molecule has 30 heavy (non-hydrogen) atoms. The van der Waals surface area contributed by atoms with E-state index in [1.54, 1.807) is 24.3 Å². The third-order valence-corrected chi connectivity index (χ3v) is 6.12. The fourth-order valence-electron chi connectivity index (χ4n) is 4.05. The van der Waals surface area contributed by atoms with Crippen molar-refractivity contribution in [3.8, 4) is 0 Å². The summed E-state index contributed by atoms with van der Waals surface area (Å²) in [6.45, 7) is 5.87. The lowest BCUT2D eigenvalue weighted by Crippen LogP contribution is -2.42.